The monoisotopic (exact) mass is 355 g/mol. The summed E-state index contributed by atoms with van der Waals surface area (Å²) in [4.78, 5) is 29.2. The molecule has 0 radical (unpaired) electrons. The second kappa shape index (κ2) is 7.78. The molecule has 4 rings (SSSR count). The molecule has 2 heterocycles. The molecule has 2 saturated heterocycles. The minimum Gasteiger partial charge on any atom is -0.341 e. The van der Waals surface area contributed by atoms with Crippen molar-refractivity contribution in [3.63, 3.8) is 0 Å². The number of nitrogens with zero attached hydrogens (tertiary/aromatic N) is 2. The van der Waals surface area contributed by atoms with Gasteiger partial charge in [0, 0.05) is 38.6 Å². The van der Waals surface area contributed by atoms with E-state index in [0.29, 0.717) is 25.4 Å². The zero-order valence-electron chi connectivity index (χ0n) is 15.5. The van der Waals surface area contributed by atoms with Crippen molar-refractivity contribution in [1.82, 2.24) is 15.1 Å². The van der Waals surface area contributed by atoms with E-state index in [1.54, 1.807) is 0 Å². The SMILES string of the molecule is O=C(CC1CCCc2ccccc21)N1CCCC(N2CCNCC2=O)C1. The van der Waals surface area contributed by atoms with E-state index in [2.05, 4.69) is 29.6 Å². The van der Waals surface area contributed by atoms with Gasteiger partial charge >= 0.3 is 0 Å². The van der Waals surface area contributed by atoms with Gasteiger partial charge in [0.1, 0.15) is 0 Å². The molecule has 2 atom stereocenters. The van der Waals surface area contributed by atoms with Gasteiger partial charge in [-0.2, -0.15) is 0 Å². The molecule has 0 spiro atoms. The molecule has 140 valence electrons. The van der Waals surface area contributed by atoms with Crippen LogP contribution in [0.15, 0.2) is 24.3 Å². The zero-order chi connectivity index (χ0) is 17.9. The van der Waals surface area contributed by atoms with Crippen molar-refractivity contribution >= 4 is 11.8 Å². The lowest BCUT2D eigenvalue weighted by Gasteiger charge is -2.41. The number of piperidine rings is 1. The Morgan fingerprint density at radius 2 is 2.04 bits per heavy atom. The van der Waals surface area contributed by atoms with Gasteiger partial charge in [-0.3, -0.25) is 9.59 Å². The smallest absolute Gasteiger partial charge is 0.236 e. The Bertz CT molecular complexity index is 675. The Labute approximate surface area is 155 Å². The van der Waals surface area contributed by atoms with Crippen LogP contribution in [0.2, 0.25) is 0 Å². The highest BCUT2D eigenvalue weighted by Crippen LogP contribution is 2.34. The van der Waals surface area contributed by atoms with E-state index in [0.717, 1.165) is 45.3 Å². The number of carbonyl (C=O) groups excluding carboxylic acids is 2. The zero-order valence-corrected chi connectivity index (χ0v) is 15.5. The molecule has 0 bridgehead atoms. The molecule has 1 N–H and O–H groups in total. The summed E-state index contributed by atoms with van der Waals surface area (Å²) in [5.41, 5.74) is 2.79. The van der Waals surface area contributed by atoms with Gasteiger partial charge in [0.25, 0.3) is 0 Å². The van der Waals surface area contributed by atoms with Crippen LogP contribution >= 0.6 is 0 Å². The first-order valence-corrected chi connectivity index (χ1v) is 10.1. The molecule has 26 heavy (non-hydrogen) atoms. The number of hydrogen-bond donors (Lipinski definition) is 1. The van der Waals surface area contributed by atoms with Gasteiger partial charge in [0.2, 0.25) is 11.8 Å². The molecule has 1 aromatic carbocycles. The standard InChI is InChI=1S/C21H29N3O2/c25-20(13-17-7-3-6-16-5-1-2-9-19(16)17)23-11-4-8-18(15-23)24-12-10-22-14-21(24)26/h1-2,5,9,17-18,22H,3-4,6-8,10-15H2. The average Bonchev–Trinajstić information content (AvgIpc) is 2.69. The largest absolute Gasteiger partial charge is 0.341 e. The average molecular weight is 355 g/mol. The van der Waals surface area contributed by atoms with Gasteiger partial charge in [0.05, 0.1) is 6.54 Å². The fourth-order valence-corrected chi connectivity index (χ4v) is 4.85. The van der Waals surface area contributed by atoms with Crippen LogP contribution in [0.5, 0.6) is 0 Å². The second-order valence-corrected chi connectivity index (χ2v) is 7.89. The Balaban J connectivity index is 1.40. The number of benzene rings is 1. The molecule has 5 heteroatoms. The van der Waals surface area contributed by atoms with Crippen molar-refractivity contribution in [2.45, 2.75) is 50.5 Å². The maximum absolute atomic E-state index is 13.0. The van der Waals surface area contributed by atoms with E-state index in [4.69, 9.17) is 0 Å². The first-order valence-electron chi connectivity index (χ1n) is 10.1. The molecule has 5 nitrogen and oxygen atoms in total. The van der Waals surface area contributed by atoms with Crippen LogP contribution in [-0.4, -0.2) is 60.4 Å². The van der Waals surface area contributed by atoms with E-state index < -0.39 is 0 Å². The van der Waals surface area contributed by atoms with E-state index >= 15 is 0 Å². The summed E-state index contributed by atoms with van der Waals surface area (Å²) < 4.78 is 0. The number of amides is 2. The molecule has 3 aliphatic rings. The number of nitrogens with one attached hydrogen (secondary N) is 1. The Morgan fingerprint density at radius 3 is 2.92 bits per heavy atom. The maximum Gasteiger partial charge on any atom is 0.236 e. The molecular weight excluding hydrogens is 326 g/mol. The Hall–Kier alpha value is -1.88. The highest BCUT2D eigenvalue weighted by atomic mass is 16.2. The van der Waals surface area contributed by atoms with Crippen LogP contribution in [0.4, 0.5) is 0 Å². The number of likely N-dealkylation sites (tertiary alicyclic amines) is 1. The maximum atomic E-state index is 13.0. The second-order valence-electron chi connectivity index (χ2n) is 7.89. The van der Waals surface area contributed by atoms with Crippen LogP contribution in [0, 0.1) is 0 Å². The first kappa shape index (κ1) is 17.5. The van der Waals surface area contributed by atoms with Crippen molar-refractivity contribution in [3.8, 4) is 0 Å². The topological polar surface area (TPSA) is 52.7 Å². The van der Waals surface area contributed by atoms with Gasteiger partial charge in [0.15, 0.2) is 0 Å². The molecule has 2 unspecified atom stereocenters. The van der Waals surface area contributed by atoms with Gasteiger partial charge < -0.3 is 15.1 Å². The normalized spacial score (nSPS) is 26.5. The van der Waals surface area contributed by atoms with Gasteiger partial charge in [-0.05, 0) is 49.1 Å². The van der Waals surface area contributed by atoms with Crippen molar-refractivity contribution in [2.75, 3.05) is 32.7 Å². The predicted octanol–water partition coefficient (Wildman–Crippen LogP) is 1.92. The van der Waals surface area contributed by atoms with Crippen LogP contribution in [-0.2, 0) is 16.0 Å². The summed E-state index contributed by atoms with van der Waals surface area (Å²) in [7, 11) is 0. The number of fused-ring (bicyclic) bond motifs is 1. The third-order valence-electron chi connectivity index (χ3n) is 6.23. The third-order valence-corrected chi connectivity index (χ3v) is 6.23. The van der Waals surface area contributed by atoms with Gasteiger partial charge in [-0.25, -0.2) is 0 Å². The summed E-state index contributed by atoms with van der Waals surface area (Å²) >= 11 is 0. The number of carbonyl (C=O) groups is 2. The minimum absolute atomic E-state index is 0.178. The Kier molecular flexibility index (Phi) is 5.25. The van der Waals surface area contributed by atoms with Crippen LogP contribution in [0.3, 0.4) is 0 Å². The third kappa shape index (κ3) is 3.63. The summed E-state index contributed by atoms with van der Waals surface area (Å²) in [6.45, 7) is 3.60. The molecule has 2 amide bonds. The van der Waals surface area contributed by atoms with Crippen molar-refractivity contribution in [3.05, 3.63) is 35.4 Å². The quantitative estimate of drug-likeness (QED) is 0.901. The fourth-order valence-electron chi connectivity index (χ4n) is 4.85. The molecule has 1 aliphatic carbocycles. The van der Waals surface area contributed by atoms with Crippen molar-refractivity contribution in [1.29, 1.82) is 0 Å². The molecule has 2 fully saturated rings. The lowest BCUT2D eigenvalue weighted by molar-refractivity contribution is -0.140. The highest BCUT2D eigenvalue weighted by molar-refractivity contribution is 5.80. The van der Waals surface area contributed by atoms with E-state index in [-0.39, 0.29) is 17.9 Å². The van der Waals surface area contributed by atoms with E-state index in [9.17, 15) is 9.59 Å². The van der Waals surface area contributed by atoms with Crippen molar-refractivity contribution < 1.29 is 9.59 Å². The summed E-state index contributed by atoms with van der Waals surface area (Å²) in [6.07, 6.45) is 6.04. The molecule has 2 aliphatic heterocycles. The summed E-state index contributed by atoms with van der Waals surface area (Å²) in [5, 5.41) is 3.13. The van der Waals surface area contributed by atoms with Crippen LogP contribution in [0.25, 0.3) is 0 Å². The predicted molar refractivity (Wildman–Crippen MR) is 101 cm³/mol. The molecule has 1 aromatic rings. The summed E-state index contributed by atoms with van der Waals surface area (Å²) in [6, 6.07) is 8.79. The molecule has 0 saturated carbocycles. The Morgan fingerprint density at radius 1 is 1.15 bits per heavy atom. The number of hydrogen-bond acceptors (Lipinski definition) is 3. The summed E-state index contributed by atoms with van der Waals surface area (Å²) in [5.74, 6) is 0.796. The van der Waals surface area contributed by atoms with Crippen molar-refractivity contribution in [2.24, 2.45) is 0 Å². The van der Waals surface area contributed by atoms with Gasteiger partial charge in [-0.1, -0.05) is 24.3 Å². The fraction of sp³-hybridized carbons (Fsp3) is 0.619. The van der Waals surface area contributed by atoms with Crippen LogP contribution < -0.4 is 5.32 Å². The minimum atomic E-state index is 0.178. The molecule has 0 aromatic heterocycles. The number of rotatable bonds is 3. The van der Waals surface area contributed by atoms with Crippen LogP contribution in [0.1, 0.15) is 49.1 Å². The van der Waals surface area contributed by atoms with E-state index in [1.807, 2.05) is 9.80 Å². The molecular formula is C21H29N3O2. The number of aryl methyl sites for hydroxylation is 1. The lowest BCUT2D eigenvalue weighted by Crippen LogP contribution is -2.57. The van der Waals surface area contributed by atoms with E-state index in [1.165, 1.54) is 17.5 Å². The highest BCUT2D eigenvalue weighted by Gasteiger charge is 2.32. The number of piperazine rings is 1. The lowest BCUT2D eigenvalue weighted by atomic mass is 9.81. The van der Waals surface area contributed by atoms with Gasteiger partial charge in [-0.15, -0.1) is 0 Å². The first-order chi connectivity index (χ1) is 12.7.